The molecule has 82 valence electrons. The Balaban J connectivity index is 3.09. The van der Waals surface area contributed by atoms with Gasteiger partial charge >= 0.3 is 0 Å². The fraction of sp³-hybridized carbons (Fsp3) is 0.300. The number of nitrogens with zero attached hydrogens (tertiary/aromatic N) is 1. The van der Waals surface area contributed by atoms with E-state index in [1.807, 2.05) is 6.92 Å². The Morgan fingerprint density at radius 2 is 1.80 bits per heavy atom. The van der Waals surface area contributed by atoms with E-state index in [4.69, 9.17) is 40.5 Å². The fourth-order valence-electron chi connectivity index (χ4n) is 1.10. The summed E-state index contributed by atoms with van der Waals surface area (Å²) in [6, 6.07) is 3.18. The van der Waals surface area contributed by atoms with Crippen LogP contribution in [0.1, 0.15) is 19.8 Å². The van der Waals surface area contributed by atoms with Gasteiger partial charge in [-0.3, -0.25) is 0 Å². The smallest absolute Gasteiger partial charge is 0.102 e. The van der Waals surface area contributed by atoms with E-state index >= 15 is 0 Å². The van der Waals surface area contributed by atoms with Crippen molar-refractivity contribution in [3.8, 4) is 0 Å². The molecule has 0 aliphatic rings. The van der Waals surface area contributed by atoms with Crippen LogP contribution < -0.4 is 5.73 Å². The van der Waals surface area contributed by atoms with Gasteiger partial charge in [-0.15, -0.1) is 0 Å². The number of hydrogen-bond donors (Lipinski definition) is 1. The molecule has 1 aromatic rings. The number of halogens is 3. The summed E-state index contributed by atoms with van der Waals surface area (Å²) >= 11 is 17.7. The van der Waals surface area contributed by atoms with E-state index in [1.165, 1.54) is 0 Å². The monoisotopic (exact) mass is 264 g/mol. The second-order valence-electron chi connectivity index (χ2n) is 3.07. The summed E-state index contributed by atoms with van der Waals surface area (Å²) in [5, 5.41) is 1.30. The Hall–Kier alpha value is -0.440. The van der Waals surface area contributed by atoms with Gasteiger partial charge in [0.15, 0.2) is 0 Å². The van der Waals surface area contributed by atoms with Gasteiger partial charge in [-0.05, 0) is 18.6 Å². The van der Waals surface area contributed by atoms with Crippen LogP contribution in [0.2, 0.25) is 15.1 Å². The standard InChI is InChI=1S/C10H11Cl3N2/c1-2-3-9(14)15-10-7(12)4-6(11)5-8(10)13/h4-5H,2-3H2,1H3,(H2,14,15). The Morgan fingerprint density at radius 3 is 2.27 bits per heavy atom. The van der Waals surface area contributed by atoms with Gasteiger partial charge in [0.25, 0.3) is 0 Å². The summed E-state index contributed by atoms with van der Waals surface area (Å²) in [5.74, 6) is 0.517. The van der Waals surface area contributed by atoms with Crippen LogP contribution in [0.4, 0.5) is 5.69 Å². The molecule has 1 aromatic carbocycles. The van der Waals surface area contributed by atoms with Gasteiger partial charge in [-0.2, -0.15) is 0 Å². The highest BCUT2D eigenvalue weighted by atomic mass is 35.5. The predicted molar refractivity (Wildman–Crippen MR) is 67.7 cm³/mol. The summed E-state index contributed by atoms with van der Waals surface area (Å²) in [7, 11) is 0. The summed E-state index contributed by atoms with van der Waals surface area (Å²) in [6.07, 6.45) is 1.65. The third-order valence-corrected chi connectivity index (χ3v) is 2.54. The quantitative estimate of drug-likeness (QED) is 0.637. The van der Waals surface area contributed by atoms with Crippen molar-refractivity contribution >= 4 is 46.3 Å². The molecule has 0 heterocycles. The molecule has 0 aromatic heterocycles. The number of aliphatic imine (C=N–C) groups is 1. The normalized spacial score (nSPS) is 11.9. The van der Waals surface area contributed by atoms with Crippen LogP contribution in [0.15, 0.2) is 17.1 Å². The van der Waals surface area contributed by atoms with Crippen molar-refractivity contribution < 1.29 is 0 Å². The molecule has 0 amide bonds. The number of amidine groups is 1. The average molecular weight is 266 g/mol. The number of nitrogens with two attached hydrogens (primary N) is 1. The maximum Gasteiger partial charge on any atom is 0.102 e. The second kappa shape index (κ2) is 5.59. The van der Waals surface area contributed by atoms with Gasteiger partial charge in [-0.1, -0.05) is 41.7 Å². The van der Waals surface area contributed by atoms with E-state index in [1.54, 1.807) is 12.1 Å². The van der Waals surface area contributed by atoms with E-state index in [0.29, 0.717) is 26.6 Å². The third-order valence-electron chi connectivity index (χ3n) is 1.74. The molecule has 0 radical (unpaired) electrons. The zero-order chi connectivity index (χ0) is 11.4. The predicted octanol–water partition coefficient (Wildman–Crippen LogP) is 4.44. The lowest BCUT2D eigenvalue weighted by molar-refractivity contribution is 0.983. The minimum absolute atomic E-state index is 0.409. The highest BCUT2D eigenvalue weighted by Gasteiger charge is 2.07. The summed E-state index contributed by atoms with van der Waals surface area (Å²) in [4.78, 5) is 4.16. The van der Waals surface area contributed by atoms with Crippen LogP contribution >= 0.6 is 34.8 Å². The Bertz CT molecular complexity index is 365. The molecule has 0 unspecified atom stereocenters. The summed E-state index contributed by atoms with van der Waals surface area (Å²) < 4.78 is 0. The van der Waals surface area contributed by atoms with Crippen molar-refractivity contribution in [2.75, 3.05) is 0 Å². The van der Waals surface area contributed by atoms with E-state index in [0.717, 1.165) is 12.8 Å². The molecule has 0 saturated heterocycles. The second-order valence-corrected chi connectivity index (χ2v) is 4.32. The average Bonchev–Trinajstić information content (AvgIpc) is 2.11. The fourth-order valence-corrected chi connectivity index (χ4v) is 2.00. The molecule has 0 saturated carbocycles. The highest BCUT2D eigenvalue weighted by molar-refractivity contribution is 6.41. The zero-order valence-corrected chi connectivity index (χ0v) is 10.5. The third kappa shape index (κ3) is 3.56. The lowest BCUT2D eigenvalue weighted by atomic mass is 10.3. The lowest BCUT2D eigenvalue weighted by Crippen LogP contribution is -2.10. The van der Waals surface area contributed by atoms with Crippen LogP contribution in [-0.4, -0.2) is 5.84 Å². The van der Waals surface area contributed by atoms with E-state index in [9.17, 15) is 0 Å². The van der Waals surface area contributed by atoms with Crippen molar-refractivity contribution in [3.63, 3.8) is 0 Å². The maximum absolute atomic E-state index is 5.95. The molecule has 0 aliphatic heterocycles. The van der Waals surface area contributed by atoms with Crippen LogP contribution in [-0.2, 0) is 0 Å². The van der Waals surface area contributed by atoms with Gasteiger partial charge in [-0.25, -0.2) is 4.99 Å². The van der Waals surface area contributed by atoms with Crippen LogP contribution in [0.3, 0.4) is 0 Å². The lowest BCUT2D eigenvalue weighted by Gasteiger charge is -2.04. The summed E-state index contributed by atoms with van der Waals surface area (Å²) in [6.45, 7) is 2.02. The van der Waals surface area contributed by atoms with Crippen LogP contribution in [0.25, 0.3) is 0 Å². The molecule has 0 spiro atoms. The first-order chi connectivity index (χ1) is 7.04. The maximum atomic E-state index is 5.95. The van der Waals surface area contributed by atoms with Crippen LogP contribution in [0, 0.1) is 0 Å². The molecule has 2 nitrogen and oxygen atoms in total. The van der Waals surface area contributed by atoms with Crippen molar-refractivity contribution in [1.82, 2.24) is 0 Å². The molecule has 0 fully saturated rings. The molecule has 0 aliphatic carbocycles. The molecule has 2 N–H and O–H groups in total. The van der Waals surface area contributed by atoms with Gasteiger partial charge < -0.3 is 5.73 Å². The zero-order valence-electron chi connectivity index (χ0n) is 8.23. The van der Waals surface area contributed by atoms with Crippen molar-refractivity contribution in [2.24, 2.45) is 10.7 Å². The van der Waals surface area contributed by atoms with E-state index in [-0.39, 0.29) is 0 Å². The first-order valence-electron chi connectivity index (χ1n) is 4.52. The van der Waals surface area contributed by atoms with E-state index < -0.39 is 0 Å². The Kier molecular flexibility index (Phi) is 4.71. The molecule has 0 bridgehead atoms. The first-order valence-corrected chi connectivity index (χ1v) is 5.65. The van der Waals surface area contributed by atoms with E-state index in [2.05, 4.69) is 4.99 Å². The molecule has 15 heavy (non-hydrogen) atoms. The van der Waals surface area contributed by atoms with Crippen LogP contribution in [0.5, 0.6) is 0 Å². The van der Waals surface area contributed by atoms with Gasteiger partial charge in [0.2, 0.25) is 0 Å². The van der Waals surface area contributed by atoms with Crippen molar-refractivity contribution in [2.45, 2.75) is 19.8 Å². The van der Waals surface area contributed by atoms with Gasteiger partial charge in [0.1, 0.15) is 5.69 Å². The summed E-state index contributed by atoms with van der Waals surface area (Å²) in [5.41, 5.74) is 6.17. The molecular formula is C10H11Cl3N2. The van der Waals surface area contributed by atoms with Gasteiger partial charge in [0, 0.05) is 11.4 Å². The first kappa shape index (κ1) is 12.6. The van der Waals surface area contributed by atoms with Crippen molar-refractivity contribution in [3.05, 3.63) is 27.2 Å². The molecular weight excluding hydrogens is 254 g/mol. The number of rotatable bonds is 3. The van der Waals surface area contributed by atoms with Gasteiger partial charge in [0.05, 0.1) is 15.9 Å². The Morgan fingerprint density at radius 1 is 1.27 bits per heavy atom. The minimum atomic E-state index is 0.409. The Labute approximate surface area is 104 Å². The number of benzene rings is 1. The largest absolute Gasteiger partial charge is 0.387 e. The SMILES string of the molecule is CCCC(N)=Nc1c(Cl)cc(Cl)cc1Cl. The topological polar surface area (TPSA) is 38.4 Å². The van der Waals surface area contributed by atoms with Crippen molar-refractivity contribution in [1.29, 1.82) is 0 Å². The molecule has 5 heteroatoms. The highest BCUT2D eigenvalue weighted by Crippen LogP contribution is 2.35. The molecule has 0 atom stereocenters. The minimum Gasteiger partial charge on any atom is -0.387 e. The number of hydrogen-bond acceptors (Lipinski definition) is 1. The molecule has 1 rings (SSSR count).